The molecule has 2 rings (SSSR count). The second kappa shape index (κ2) is 5.38. The molecule has 1 aliphatic heterocycles. The van der Waals surface area contributed by atoms with Crippen molar-refractivity contribution in [3.05, 3.63) is 33.8 Å². The van der Waals surface area contributed by atoms with E-state index in [4.69, 9.17) is 9.47 Å². The van der Waals surface area contributed by atoms with Gasteiger partial charge in [-0.1, -0.05) is 28.1 Å². The van der Waals surface area contributed by atoms with Crippen LogP contribution in [0.25, 0.3) is 0 Å². The zero-order chi connectivity index (χ0) is 13.2. The second-order valence-corrected chi connectivity index (χ2v) is 5.31. The molecule has 1 aliphatic rings. The number of aryl methyl sites for hydroxylation is 1. The van der Waals surface area contributed by atoms with E-state index in [0.29, 0.717) is 13.2 Å². The van der Waals surface area contributed by atoms with Gasteiger partial charge in [-0.3, -0.25) is 4.79 Å². The van der Waals surface area contributed by atoms with Crippen LogP contribution in [0.4, 0.5) is 0 Å². The Labute approximate surface area is 114 Å². The zero-order valence-electron chi connectivity index (χ0n) is 10.1. The number of carboxylic acids is 1. The maximum absolute atomic E-state index is 11.7. The lowest BCUT2D eigenvalue weighted by atomic mass is 9.81. The predicted molar refractivity (Wildman–Crippen MR) is 69.8 cm³/mol. The van der Waals surface area contributed by atoms with Crippen molar-refractivity contribution in [2.75, 3.05) is 26.4 Å². The van der Waals surface area contributed by atoms with Gasteiger partial charge in [-0.25, -0.2) is 0 Å². The molecule has 1 N–H and O–H groups in total. The number of carbonyl (C=O) groups is 1. The van der Waals surface area contributed by atoms with Crippen molar-refractivity contribution in [1.82, 2.24) is 0 Å². The first-order chi connectivity index (χ1) is 8.56. The number of benzene rings is 1. The van der Waals surface area contributed by atoms with Gasteiger partial charge >= 0.3 is 5.97 Å². The summed E-state index contributed by atoms with van der Waals surface area (Å²) in [5, 5.41) is 9.56. The molecule has 18 heavy (non-hydrogen) atoms. The molecule has 0 aromatic heterocycles. The summed E-state index contributed by atoms with van der Waals surface area (Å²) >= 11 is 3.41. The van der Waals surface area contributed by atoms with Gasteiger partial charge in [0.15, 0.2) is 0 Å². The quantitative estimate of drug-likeness (QED) is 0.908. The van der Waals surface area contributed by atoms with Gasteiger partial charge in [-0.05, 0) is 24.1 Å². The number of halogens is 1. The number of hydrogen-bond acceptors (Lipinski definition) is 3. The van der Waals surface area contributed by atoms with Crippen LogP contribution in [0.5, 0.6) is 0 Å². The topological polar surface area (TPSA) is 55.8 Å². The average Bonchev–Trinajstić information content (AvgIpc) is 2.59. The molecule has 0 radical (unpaired) electrons. The minimum Gasteiger partial charge on any atom is -0.480 e. The summed E-state index contributed by atoms with van der Waals surface area (Å²) in [6.45, 7) is 3.09. The smallest absolute Gasteiger partial charge is 0.318 e. The van der Waals surface area contributed by atoms with Crippen molar-refractivity contribution in [2.45, 2.75) is 12.3 Å². The van der Waals surface area contributed by atoms with Crippen LogP contribution >= 0.6 is 15.9 Å². The molecular formula is C13H15BrO4. The molecule has 0 atom stereocenters. The first kappa shape index (κ1) is 13.5. The van der Waals surface area contributed by atoms with Crippen molar-refractivity contribution < 1.29 is 19.4 Å². The van der Waals surface area contributed by atoms with E-state index in [1.54, 1.807) is 0 Å². The van der Waals surface area contributed by atoms with Crippen LogP contribution in [-0.2, 0) is 19.7 Å². The van der Waals surface area contributed by atoms with Crippen LogP contribution in [-0.4, -0.2) is 37.5 Å². The molecular weight excluding hydrogens is 300 g/mol. The Morgan fingerprint density at radius 1 is 1.33 bits per heavy atom. The number of ether oxygens (including phenoxy) is 2. The summed E-state index contributed by atoms with van der Waals surface area (Å²) in [5.41, 5.74) is 0.608. The van der Waals surface area contributed by atoms with Crippen LogP contribution in [0.2, 0.25) is 0 Å². The summed E-state index contributed by atoms with van der Waals surface area (Å²) in [6.07, 6.45) is 0. The third-order valence-corrected chi connectivity index (χ3v) is 4.08. The maximum atomic E-state index is 11.7. The molecule has 0 unspecified atom stereocenters. The fourth-order valence-corrected chi connectivity index (χ4v) is 2.25. The maximum Gasteiger partial charge on any atom is 0.318 e. The Bertz CT molecular complexity index is 450. The number of hydrogen-bond donors (Lipinski definition) is 1. The number of aliphatic carboxylic acids is 1. The molecule has 1 aromatic carbocycles. The lowest BCUT2D eigenvalue weighted by Gasteiger charge is -2.27. The molecule has 0 aliphatic carbocycles. The summed E-state index contributed by atoms with van der Waals surface area (Å²) < 4.78 is 11.7. The molecule has 0 saturated carbocycles. The molecule has 1 aromatic rings. The number of carboxylic acid groups (broad SMARTS) is 1. The monoisotopic (exact) mass is 314 g/mol. The van der Waals surface area contributed by atoms with Crippen LogP contribution in [0.1, 0.15) is 11.1 Å². The highest BCUT2D eigenvalue weighted by atomic mass is 79.9. The van der Waals surface area contributed by atoms with Gasteiger partial charge in [0, 0.05) is 4.47 Å². The molecule has 98 valence electrons. The molecule has 0 amide bonds. The van der Waals surface area contributed by atoms with Gasteiger partial charge in [0.1, 0.15) is 5.41 Å². The van der Waals surface area contributed by atoms with Crippen LogP contribution in [0.15, 0.2) is 22.7 Å². The summed E-state index contributed by atoms with van der Waals surface area (Å²) in [4.78, 5) is 11.7. The SMILES string of the molecule is Cc1cc(C2(C(=O)O)COCCOC2)ccc1Br. The molecule has 1 saturated heterocycles. The summed E-state index contributed by atoms with van der Waals surface area (Å²) in [5.74, 6) is -0.911. The van der Waals surface area contributed by atoms with E-state index in [-0.39, 0.29) is 13.2 Å². The average molecular weight is 315 g/mol. The predicted octanol–water partition coefficient (Wildman–Crippen LogP) is 2.13. The van der Waals surface area contributed by atoms with E-state index >= 15 is 0 Å². The highest BCUT2D eigenvalue weighted by molar-refractivity contribution is 9.10. The van der Waals surface area contributed by atoms with Gasteiger partial charge in [0.05, 0.1) is 26.4 Å². The van der Waals surface area contributed by atoms with Crippen molar-refractivity contribution in [2.24, 2.45) is 0 Å². The second-order valence-electron chi connectivity index (χ2n) is 4.46. The minimum absolute atomic E-state index is 0.142. The van der Waals surface area contributed by atoms with Crippen LogP contribution < -0.4 is 0 Å². The third kappa shape index (κ3) is 2.43. The molecule has 0 bridgehead atoms. The molecule has 1 heterocycles. The highest BCUT2D eigenvalue weighted by Gasteiger charge is 2.42. The zero-order valence-corrected chi connectivity index (χ0v) is 11.7. The minimum atomic E-state index is -1.11. The van der Waals surface area contributed by atoms with Crippen molar-refractivity contribution in [3.8, 4) is 0 Å². The summed E-state index contributed by atoms with van der Waals surface area (Å²) in [6, 6.07) is 5.54. The molecule has 1 fully saturated rings. The fourth-order valence-electron chi connectivity index (χ4n) is 2.01. The standard InChI is InChI=1S/C13H15BrO4/c1-9-6-10(2-3-11(9)14)13(12(15)16)7-17-4-5-18-8-13/h2-3,6H,4-5,7-8H2,1H3,(H,15,16). The van der Waals surface area contributed by atoms with Gasteiger partial charge < -0.3 is 14.6 Å². The Morgan fingerprint density at radius 3 is 2.44 bits per heavy atom. The lowest BCUT2D eigenvalue weighted by molar-refractivity contribution is -0.147. The Kier molecular flexibility index (Phi) is 4.04. The Balaban J connectivity index is 2.45. The summed E-state index contributed by atoms with van der Waals surface area (Å²) in [7, 11) is 0. The van der Waals surface area contributed by atoms with E-state index in [0.717, 1.165) is 15.6 Å². The van der Waals surface area contributed by atoms with Crippen molar-refractivity contribution in [1.29, 1.82) is 0 Å². The number of rotatable bonds is 2. The first-order valence-corrected chi connectivity index (χ1v) is 6.51. The molecule has 4 nitrogen and oxygen atoms in total. The van der Waals surface area contributed by atoms with E-state index in [1.807, 2.05) is 25.1 Å². The molecule has 5 heteroatoms. The fraction of sp³-hybridized carbons (Fsp3) is 0.462. The van der Waals surface area contributed by atoms with Crippen molar-refractivity contribution >= 4 is 21.9 Å². The Morgan fingerprint density at radius 2 is 1.94 bits per heavy atom. The van der Waals surface area contributed by atoms with E-state index in [2.05, 4.69) is 15.9 Å². The van der Waals surface area contributed by atoms with Crippen molar-refractivity contribution in [3.63, 3.8) is 0 Å². The lowest BCUT2D eigenvalue weighted by Crippen LogP contribution is -2.43. The van der Waals surface area contributed by atoms with Gasteiger partial charge in [-0.15, -0.1) is 0 Å². The van der Waals surface area contributed by atoms with Gasteiger partial charge in [0.25, 0.3) is 0 Å². The first-order valence-electron chi connectivity index (χ1n) is 5.72. The van der Waals surface area contributed by atoms with Crippen LogP contribution in [0, 0.1) is 6.92 Å². The van der Waals surface area contributed by atoms with E-state index < -0.39 is 11.4 Å². The normalized spacial score (nSPS) is 19.2. The molecule has 0 spiro atoms. The van der Waals surface area contributed by atoms with E-state index in [9.17, 15) is 9.90 Å². The van der Waals surface area contributed by atoms with Gasteiger partial charge in [-0.2, -0.15) is 0 Å². The largest absolute Gasteiger partial charge is 0.480 e. The Hall–Kier alpha value is -0.910. The van der Waals surface area contributed by atoms with E-state index in [1.165, 1.54) is 0 Å². The van der Waals surface area contributed by atoms with Gasteiger partial charge in [0.2, 0.25) is 0 Å². The highest BCUT2D eigenvalue weighted by Crippen LogP contribution is 2.30. The van der Waals surface area contributed by atoms with Crippen LogP contribution in [0.3, 0.4) is 0 Å². The third-order valence-electron chi connectivity index (χ3n) is 3.19.